The van der Waals surface area contributed by atoms with E-state index >= 15 is 0 Å². The van der Waals surface area contributed by atoms with E-state index in [1.54, 1.807) is 0 Å². The minimum Gasteiger partial charge on any atom is -0.392 e. The van der Waals surface area contributed by atoms with Crippen molar-refractivity contribution in [2.75, 3.05) is 33.2 Å². The summed E-state index contributed by atoms with van der Waals surface area (Å²) < 4.78 is 0. The fraction of sp³-hybridized carbons (Fsp3) is 0.750. The lowest BCUT2D eigenvalue weighted by Crippen LogP contribution is -2.43. The third-order valence-electron chi connectivity index (χ3n) is 3.31. The van der Waals surface area contributed by atoms with E-state index in [1.807, 2.05) is 0 Å². The van der Waals surface area contributed by atoms with Gasteiger partial charge in [-0.25, -0.2) is 0 Å². The van der Waals surface area contributed by atoms with Crippen LogP contribution in [0.4, 0.5) is 0 Å². The summed E-state index contributed by atoms with van der Waals surface area (Å²) in [6, 6.07) is 0. The van der Waals surface area contributed by atoms with E-state index in [9.17, 15) is 9.59 Å². The highest BCUT2D eigenvalue weighted by Crippen LogP contribution is 2.18. The van der Waals surface area contributed by atoms with Crippen LogP contribution in [0.2, 0.25) is 0 Å². The van der Waals surface area contributed by atoms with Gasteiger partial charge >= 0.3 is 11.8 Å². The SMILES string of the molecule is CN1CCC(CCNC(=O)C(=O)NCC(N)=S)CC1. The molecule has 2 amide bonds. The van der Waals surface area contributed by atoms with E-state index in [2.05, 4.69) is 34.8 Å². The van der Waals surface area contributed by atoms with Crippen molar-refractivity contribution in [3.63, 3.8) is 0 Å². The molecule has 0 bridgehead atoms. The number of hydrogen-bond acceptors (Lipinski definition) is 4. The lowest BCUT2D eigenvalue weighted by Gasteiger charge is -2.28. The first kappa shape index (κ1) is 15.8. The zero-order valence-electron chi connectivity index (χ0n) is 11.3. The Balaban J connectivity index is 2.13. The van der Waals surface area contributed by atoms with Crippen LogP contribution >= 0.6 is 12.2 Å². The monoisotopic (exact) mass is 286 g/mol. The van der Waals surface area contributed by atoms with Crippen LogP contribution in [-0.2, 0) is 9.59 Å². The molecule has 6 nitrogen and oxygen atoms in total. The van der Waals surface area contributed by atoms with Gasteiger partial charge in [0, 0.05) is 6.54 Å². The molecule has 0 unspecified atom stereocenters. The van der Waals surface area contributed by atoms with Gasteiger partial charge in [-0.05, 0) is 45.3 Å². The molecule has 1 heterocycles. The van der Waals surface area contributed by atoms with Crippen molar-refractivity contribution < 1.29 is 9.59 Å². The van der Waals surface area contributed by atoms with E-state index < -0.39 is 11.8 Å². The lowest BCUT2D eigenvalue weighted by molar-refractivity contribution is -0.139. The van der Waals surface area contributed by atoms with Gasteiger partial charge in [0.25, 0.3) is 0 Å². The third-order valence-corrected chi connectivity index (χ3v) is 3.45. The molecule has 1 fully saturated rings. The summed E-state index contributed by atoms with van der Waals surface area (Å²) in [5, 5.41) is 4.97. The number of hydrogen-bond donors (Lipinski definition) is 3. The molecule has 19 heavy (non-hydrogen) atoms. The Morgan fingerprint density at radius 1 is 1.26 bits per heavy atom. The van der Waals surface area contributed by atoms with Crippen LogP contribution in [0.1, 0.15) is 19.3 Å². The molecule has 0 radical (unpaired) electrons. The molecule has 0 spiro atoms. The van der Waals surface area contributed by atoms with Gasteiger partial charge < -0.3 is 21.3 Å². The lowest BCUT2D eigenvalue weighted by atomic mass is 9.94. The maximum atomic E-state index is 11.4. The van der Waals surface area contributed by atoms with Crippen LogP contribution in [0.25, 0.3) is 0 Å². The molecule has 7 heteroatoms. The number of likely N-dealkylation sites (tertiary alicyclic amines) is 1. The first-order chi connectivity index (χ1) is 8.99. The summed E-state index contributed by atoms with van der Waals surface area (Å²) >= 11 is 4.61. The quantitative estimate of drug-likeness (QED) is 0.457. The minimum atomic E-state index is -0.684. The van der Waals surface area contributed by atoms with Crippen LogP contribution < -0.4 is 16.4 Å². The summed E-state index contributed by atoms with van der Waals surface area (Å²) in [7, 11) is 2.12. The van der Waals surface area contributed by atoms with Crippen LogP contribution in [0.15, 0.2) is 0 Å². The molecule has 0 aromatic rings. The summed E-state index contributed by atoms with van der Waals surface area (Å²) in [4.78, 5) is 25.2. The van der Waals surface area contributed by atoms with E-state index in [1.165, 1.54) is 0 Å². The van der Waals surface area contributed by atoms with Crippen molar-refractivity contribution >= 4 is 29.0 Å². The second-order valence-electron chi connectivity index (χ2n) is 4.94. The molecule has 108 valence electrons. The molecule has 0 aromatic heterocycles. The van der Waals surface area contributed by atoms with Crippen molar-refractivity contribution in [3.8, 4) is 0 Å². The fourth-order valence-corrected chi connectivity index (χ4v) is 2.14. The molecular weight excluding hydrogens is 264 g/mol. The van der Waals surface area contributed by atoms with Crippen molar-refractivity contribution in [1.29, 1.82) is 0 Å². The number of carbonyl (C=O) groups is 2. The van der Waals surface area contributed by atoms with Gasteiger partial charge in [-0.1, -0.05) is 12.2 Å². The zero-order chi connectivity index (χ0) is 14.3. The first-order valence-corrected chi connectivity index (χ1v) is 6.92. The van der Waals surface area contributed by atoms with Crippen molar-refractivity contribution in [3.05, 3.63) is 0 Å². The van der Waals surface area contributed by atoms with E-state index in [-0.39, 0.29) is 11.5 Å². The van der Waals surface area contributed by atoms with Gasteiger partial charge in [-0.15, -0.1) is 0 Å². The average Bonchev–Trinajstić information content (AvgIpc) is 2.38. The van der Waals surface area contributed by atoms with E-state index in [0.717, 1.165) is 32.4 Å². The number of piperidine rings is 1. The maximum absolute atomic E-state index is 11.4. The number of rotatable bonds is 5. The standard InChI is InChI=1S/C12H22N4O2S/c1-16-6-3-9(4-7-16)2-5-14-11(17)12(18)15-8-10(13)19/h9H,2-8H2,1H3,(H2,13,19)(H,14,17)(H,15,18). The number of nitrogens with one attached hydrogen (secondary N) is 2. The van der Waals surface area contributed by atoms with Crippen LogP contribution in [-0.4, -0.2) is 54.9 Å². The topological polar surface area (TPSA) is 87.5 Å². The molecule has 1 aliphatic rings. The summed E-state index contributed by atoms with van der Waals surface area (Å²) in [6.07, 6.45) is 3.22. The highest BCUT2D eigenvalue weighted by atomic mass is 32.1. The average molecular weight is 286 g/mol. The predicted octanol–water partition coefficient (Wildman–Crippen LogP) is -0.763. The van der Waals surface area contributed by atoms with Gasteiger partial charge in [0.15, 0.2) is 0 Å². The molecule has 1 aliphatic heterocycles. The van der Waals surface area contributed by atoms with Crippen LogP contribution in [0.3, 0.4) is 0 Å². The summed E-state index contributed by atoms with van der Waals surface area (Å²) in [5.74, 6) is -0.670. The van der Waals surface area contributed by atoms with Gasteiger partial charge in [-0.2, -0.15) is 0 Å². The Labute approximate surface area is 119 Å². The maximum Gasteiger partial charge on any atom is 0.309 e. The smallest absolute Gasteiger partial charge is 0.309 e. The molecule has 1 rings (SSSR count). The second-order valence-corrected chi connectivity index (χ2v) is 5.46. The van der Waals surface area contributed by atoms with Crippen molar-refractivity contribution in [2.24, 2.45) is 11.7 Å². The number of nitrogens with zero attached hydrogens (tertiary/aromatic N) is 1. The van der Waals surface area contributed by atoms with Crippen LogP contribution in [0.5, 0.6) is 0 Å². The molecule has 4 N–H and O–H groups in total. The molecule has 0 aliphatic carbocycles. The third kappa shape index (κ3) is 6.49. The van der Waals surface area contributed by atoms with E-state index in [0.29, 0.717) is 12.5 Å². The van der Waals surface area contributed by atoms with Crippen LogP contribution in [0, 0.1) is 5.92 Å². The highest BCUT2D eigenvalue weighted by Gasteiger charge is 2.17. The molecular formula is C12H22N4O2S. The number of carbonyl (C=O) groups excluding carboxylic acids is 2. The number of amides is 2. The fourth-order valence-electron chi connectivity index (χ4n) is 2.07. The first-order valence-electron chi connectivity index (χ1n) is 6.52. The Morgan fingerprint density at radius 3 is 2.42 bits per heavy atom. The number of nitrogens with two attached hydrogens (primary N) is 1. The number of thiocarbonyl (C=S) groups is 1. The second kappa shape index (κ2) is 8.06. The molecule has 1 saturated heterocycles. The minimum absolute atomic E-state index is 0.0521. The molecule has 0 atom stereocenters. The van der Waals surface area contributed by atoms with Gasteiger partial charge in [0.2, 0.25) is 0 Å². The summed E-state index contributed by atoms with van der Waals surface area (Å²) in [6.45, 7) is 2.80. The summed E-state index contributed by atoms with van der Waals surface area (Å²) in [5.41, 5.74) is 5.23. The van der Waals surface area contributed by atoms with Gasteiger partial charge in [0.1, 0.15) is 0 Å². The Morgan fingerprint density at radius 2 is 1.84 bits per heavy atom. The van der Waals surface area contributed by atoms with E-state index in [4.69, 9.17) is 5.73 Å². The largest absolute Gasteiger partial charge is 0.392 e. The Bertz CT molecular complexity index is 341. The van der Waals surface area contributed by atoms with Crippen molar-refractivity contribution in [2.45, 2.75) is 19.3 Å². The Hall–Kier alpha value is -1.21. The normalized spacial score (nSPS) is 16.9. The van der Waals surface area contributed by atoms with Gasteiger partial charge in [0.05, 0.1) is 11.5 Å². The highest BCUT2D eigenvalue weighted by molar-refractivity contribution is 7.80. The van der Waals surface area contributed by atoms with Gasteiger partial charge in [-0.3, -0.25) is 9.59 Å². The zero-order valence-corrected chi connectivity index (χ0v) is 12.1. The Kier molecular flexibility index (Phi) is 6.72. The van der Waals surface area contributed by atoms with Crippen molar-refractivity contribution in [1.82, 2.24) is 15.5 Å². The predicted molar refractivity (Wildman–Crippen MR) is 77.6 cm³/mol. The molecule has 0 aromatic carbocycles. The molecule has 0 saturated carbocycles.